The van der Waals surface area contributed by atoms with E-state index in [-0.39, 0.29) is 0 Å². The van der Waals surface area contributed by atoms with Crippen molar-refractivity contribution in [1.29, 1.82) is 0 Å². The fourth-order valence-electron chi connectivity index (χ4n) is 1.62. The first kappa shape index (κ1) is 8.30. The molecule has 13 heavy (non-hydrogen) atoms. The quantitative estimate of drug-likeness (QED) is 0.677. The second-order valence-corrected chi connectivity index (χ2v) is 3.18. The molecule has 2 heteroatoms. The molecular formula is C11H13NO. The summed E-state index contributed by atoms with van der Waals surface area (Å²) in [5.74, 6) is 0.890. The summed E-state index contributed by atoms with van der Waals surface area (Å²) in [6.45, 7) is 2.14. The Bertz CT molecular complexity index is 355. The molecule has 0 spiro atoms. The van der Waals surface area contributed by atoms with Crippen LogP contribution in [0.4, 0.5) is 5.69 Å². The number of nitrogens with zero attached hydrogens (tertiary/aromatic N) is 1. The molecule has 1 aromatic carbocycles. The molecular weight excluding hydrogens is 162 g/mol. The van der Waals surface area contributed by atoms with Crippen LogP contribution in [0, 0.1) is 0 Å². The lowest BCUT2D eigenvalue weighted by atomic mass is 10.1. The Morgan fingerprint density at radius 1 is 1.46 bits per heavy atom. The second-order valence-electron chi connectivity index (χ2n) is 3.18. The highest BCUT2D eigenvalue weighted by Gasteiger charge is 2.16. The summed E-state index contributed by atoms with van der Waals surface area (Å²) in [6, 6.07) is 6.09. The van der Waals surface area contributed by atoms with Crippen LogP contribution in [0.2, 0.25) is 0 Å². The van der Waals surface area contributed by atoms with E-state index in [2.05, 4.69) is 18.0 Å². The molecule has 68 valence electrons. The molecule has 0 atom stereocenters. The standard InChI is InChI=1S/C11H13NO/c1-3-9-7-8-5-4-6-10(13-2)11(8)12-9/h4-6H,3,7H2,1-2H3. The highest BCUT2D eigenvalue weighted by Crippen LogP contribution is 2.36. The van der Waals surface area contributed by atoms with Crippen LogP contribution in [-0.2, 0) is 6.42 Å². The first-order valence-electron chi connectivity index (χ1n) is 4.57. The van der Waals surface area contributed by atoms with Gasteiger partial charge in [-0.1, -0.05) is 19.1 Å². The summed E-state index contributed by atoms with van der Waals surface area (Å²) in [6.07, 6.45) is 2.01. The Kier molecular flexibility index (Phi) is 2.05. The maximum Gasteiger partial charge on any atom is 0.144 e. The number of benzene rings is 1. The van der Waals surface area contributed by atoms with E-state index < -0.39 is 0 Å². The second kappa shape index (κ2) is 3.21. The number of ether oxygens (including phenoxy) is 1. The van der Waals surface area contributed by atoms with Gasteiger partial charge in [0.15, 0.2) is 0 Å². The van der Waals surface area contributed by atoms with Gasteiger partial charge < -0.3 is 4.74 Å². The molecule has 1 heterocycles. The van der Waals surface area contributed by atoms with E-state index in [0.717, 1.165) is 24.3 Å². The van der Waals surface area contributed by atoms with Crippen molar-refractivity contribution < 1.29 is 4.74 Å². The lowest BCUT2D eigenvalue weighted by Gasteiger charge is -2.03. The average Bonchev–Trinajstić information content (AvgIpc) is 2.59. The number of hydrogen-bond donors (Lipinski definition) is 0. The summed E-state index contributed by atoms with van der Waals surface area (Å²) < 4.78 is 5.24. The van der Waals surface area contributed by atoms with Crippen LogP contribution in [0.3, 0.4) is 0 Å². The smallest absolute Gasteiger partial charge is 0.144 e. The predicted molar refractivity (Wildman–Crippen MR) is 54.1 cm³/mol. The Morgan fingerprint density at radius 3 is 3.00 bits per heavy atom. The number of fused-ring (bicyclic) bond motifs is 1. The first-order chi connectivity index (χ1) is 6.35. The van der Waals surface area contributed by atoms with Crippen LogP contribution >= 0.6 is 0 Å². The third-order valence-corrected chi connectivity index (χ3v) is 2.38. The number of hydrogen-bond acceptors (Lipinski definition) is 2. The summed E-state index contributed by atoms with van der Waals surface area (Å²) in [5, 5.41) is 0. The molecule has 0 radical (unpaired) electrons. The van der Waals surface area contributed by atoms with Gasteiger partial charge >= 0.3 is 0 Å². The third-order valence-electron chi connectivity index (χ3n) is 2.38. The van der Waals surface area contributed by atoms with E-state index in [4.69, 9.17) is 4.74 Å². The van der Waals surface area contributed by atoms with E-state index in [1.807, 2.05) is 12.1 Å². The van der Waals surface area contributed by atoms with Gasteiger partial charge in [-0.25, -0.2) is 0 Å². The van der Waals surface area contributed by atoms with Crippen molar-refractivity contribution in [1.82, 2.24) is 0 Å². The predicted octanol–water partition coefficient (Wildman–Crippen LogP) is 2.73. The highest BCUT2D eigenvalue weighted by molar-refractivity contribution is 5.94. The van der Waals surface area contributed by atoms with Crippen molar-refractivity contribution in [3.8, 4) is 5.75 Å². The number of para-hydroxylation sites is 1. The molecule has 2 nitrogen and oxygen atoms in total. The minimum atomic E-state index is 0.890. The molecule has 0 saturated heterocycles. The molecule has 1 aromatic rings. The summed E-state index contributed by atoms with van der Waals surface area (Å²) in [4.78, 5) is 4.53. The van der Waals surface area contributed by atoms with Gasteiger partial charge in [-0.15, -0.1) is 0 Å². The van der Waals surface area contributed by atoms with Gasteiger partial charge in [0.2, 0.25) is 0 Å². The normalized spacial score (nSPS) is 13.8. The van der Waals surface area contributed by atoms with Gasteiger partial charge in [-0.05, 0) is 18.1 Å². The van der Waals surface area contributed by atoms with Crippen LogP contribution in [-0.4, -0.2) is 12.8 Å². The average molecular weight is 175 g/mol. The van der Waals surface area contributed by atoms with Crippen LogP contribution < -0.4 is 4.74 Å². The first-order valence-corrected chi connectivity index (χ1v) is 4.57. The van der Waals surface area contributed by atoms with Crippen molar-refractivity contribution in [2.45, 2.75) is 19.8 Å². The highest BCUT2D eigenvalue weighted by atomic mass is 16.5. The monoisotopic (exact) mass is 175 g/mol. The molecule has 0 saturated carbocycles. The van der Waals surface area contributed by atoms with E-state index in [0.29, 0.717) is 0 Å². The zero-order valence-electron chi connectivity index (χ0n) is 8.00. The van der Waals surface area contributed by atoms with E-state index in [9.17, 15) is 0 Å². The third kappa shape index (κ3) is 1.32. The van der Waals surface area contributed by atoms with Crippen LogP contribution in [0.15, 0.2) is 23.2 Å². The Morgan fingerprint density at radius 2 is 2.31 bits per heavy atom. The molecule has 0 unspecified atom stereocenters. The van der Waals surface area contributed by atoms with Gasteiger partial charge in [0.1, 0.15) is 11.4 Å². The SMILES string of the molecule is CCC1=Nc2c(cccc2OC)C1. The van der Waals surface area contributed by atoms with E-state index in [1.54, 1.807) is 7.11 Å². The molecule has 0 aromatic heterocycles. The largest absolute Gasteiger partial charge is 0.494 e. The minimum Gasteiger partial charge on any atom is -0.494 e. The Hall–Kier alpha value is -1.31. The summed E-state index contributed by atoms with van der Waals surface area (Å²) in [7, 11) is 1.69. The minimum absolute atomic E-state index is 0.890. The van der Waals surface area contributed by atoms with Crippen LogP contribution in [0.5, 0.6) is 5.75 Å². The summed E-state index contributed by atoms with van der Waals surface area (Å²) >= 11 is 0. The van der Waals surface area contributed by atoms with Crippen LogP contribution in [0.1, 0.15) is 18.9 Å². The van der Waals surface area contributed by atoms with Gasteiger partial charge in [0.05, 0.1) is 7.11 Å². The van der Waals surface area contributed by atoms with Crippen molar-refractivity contribution >= 4 is 11.4 Å². The van der Waals surface area contributed by atoms with Crippen LogP contribution in [0.25, 0.3) is 0 Å². The fraction of sp³-hybridized carbons (Fsp3) is 0.364. The maximum atomic E-state index is 5.24. The Labute approximate surface area is 78.3 Å². The van der Waals surface area contributed by atoms with Gasteiger partial charge in [-0.2, -0.15) is 0 Å². The molecule has 0 bridgehead atoms. The molecule has 1 aliphatic rings. The summed E-state index contributed by atoms with van der Waals surface area (Å²) in [5.41, 5.74) is 3.57. The van der Waals surface area contributed by atoms with Crippen molar-refractivity contribution in [3.63, 3.8) is 0 Å². The van der Waals surface area contributed by atoms with Crippen molar-refractivity contribution in [2.24, 2.45) is 4.99 Å². The molecule has 0 fully saturated rings. The van der Waals surface area contributed by atoms with E-state index in [1.165, 1.54) is 11.3 Å². The molecule has 1 aliphatic heterocycles. The van der Waals surface area contributed by atoms with Crippen molar-refractivity contribution in [2.75, 3.05) is 7.11 Å². The van der Waals surface area contributed by atoms with Gasteiger partial charge in [-0.3, -0.25) is 4.99 Å². The number of aliphatic imine (C=N–C) groups is 1. The number of methoxy groups -OCH3 is 1. The van der Waals surface area contributed by atoms with Crippen molar-refractivity contribution in [3.05, 3.63) is 23.8 Å². The zero-order chi connectivity index (χ0) is 9.26. The lowest BCUT2D eigenvalue weighted by Crippen LogP contribution is -1.93. The molecule has 0 aliphatic carbocycles. The zero-order valence-corrected chi connectivity index (χ0v) is 8.00. The van der Waals surface area contributed by atoms with Gasteiger partial charge in [0, 0.05) is 12.1 Å². The molecule has 2 rings (SSSR count). The van der Waals surface area contributed by atoms with E-state index >= 15 is 0 Å². The maximum absolute atomic E-state index is 5.24. The number of rotatable bonds is 2. The molecule has 0 amide bonds. The molecule has 0 N–H and O–H groups in total. The Balaban J connectivity index is 2.45. The van der Waals surface area contributed by atoms with Gasteiger partial charge in [0.25, 0.3) is 0 Å². The lowest BCUT2D eigenvalue weighted by molar-refractivity contribution is 0.416. The topological polar surface area (TPSA) is 21.6 Å². The fourth-order valence-corrected chi connectivity index (χ4v) is 1.62.